The van der Waals surface area contributed by atoms with Crippen LogP contribution in [0.1, 0.15) is 17.3 Å². The first kappa shape index (κ1) is 14.9. The molecular weight excluding hydrogens is 322 g/mol. The van der Waals surface area contributed by atoms with Crippen LogP contribution in [-0.4, -0.2) is 10.1 Å². The summed E-state index contributed by atoms with van der Waals surface area (Å²) in [5.74, 6) is 0. The van der Waals surface area contributed by atoms with E-state index in [2.05, 4.69) is 10.1 Å². The second-order valence-electron chi connectivity index (χ2n) is 5.54. The maximum absolute atomic E-state index is 6.33. The highest BCUT2D eigenvalue weighted by atomic mass is 35.5. The monoisotopic (exact) mass is 335 g/mol. The number of rotatable bonds is 3. The van der Waals surface area contributed by atoms with Gasteiger partial charge in [0.05, 0.1) is 6.04 Å². The van der Waals surface area contributed by atoms with E-state index >= 15 is 0 Å². The molecule has 4 rings (SSSR count). The molecule has 0 saturated carbocycles. The molecule has 0 bridgehead atoms. The van der Waals surface area contributed by atoms with E-state index in [0.29, 0.717) is 10.6 Å². The molecule has 2 heterocycles. The van der Waals surface area contributed by atoms with Gasteiger partial charge in [0, 0.05) is 22.8 Å². The summed E-state index contributed by atoms with van der Waals surface area (Å²) in [6, 6.07) is 17.1. The molecular formula is C19H14ClN3O. The van der Waals surface area contributed by atoms with Crippen molar-refractivity contribution in [2.24, 2.45) is 5.73 Å². The highest BCUT2D eigenvalue weighted by molar-refractivity contribution is 6.30. The summed E-state index contributed by atoms with van der Waals surface area (Å²) in [6.45, 7) is 0. The van der Waals surface area contributed by atoms with E-state index < -0.39 is 0 Å². The minimum Gasteiger partial charge on any atom is -0.356 e. The van der Waals surface area contributed by atoms with Gasteiger partial charge in [-0.15, -0.1) is 0 Å². The molecule has 1 atom stereocenters. The van der Waals surface area contributed by atoms with Crippen LogP contribution in [0.3, 0.4) is 0 Å². The topological polar surface area (TPSA) is 64.9 Å². The molecule has 0 aliphatic heterocycles. The van der Waals surface area contributed by atoms with Crippen LogP contribution >= 0.6 is 11.6 Å². The molecule has 0 amide bonds. The molecule has 0 aliphatic carbocycles. The van der Waals surface area contributed by atoms with Crippen LogP contribution in [0, 0.1) is 0 Å². The van der Waals surface area contributed by atoms with Crippen molar-refractivity contribution >= 4 is 22.6 Å². The van der Waals surface area contributed by atoms with Crippen molar-refractivity contribution in [3.63, 3.8) is 0 Å². The van der Waals surface area contributed by atoms with Crippen LogP contribution in [0.15, 0.2) is 71.5 Å². The number of halogens is 1. The zero-order valence-corrected chi connectivity index (χ0v) is 13.4. The van der Waals surface area contributed by atoms with Crippen LogP contribution in [0.5, 0.6) is 0 Å². The highest BCUT2D eigenvalue weighted by Crippen LogP contribution is 2.30. The zero-order chi connectivity index (χ0) is 16.5. The minimum absolute atomic E-state index is 0.351. The van der Waals surface area contributed by atoms with Crippen molar-refractivity contribution in [1.29, 1.82) is 0 Å². The van der Waals surface area contributed by atoms with E-state index in [1.165, 1.54) is 0 Å². The second-order valence-corrected chi connectivity index (χ2v) is 5.98. The summed E-state index contributed by atoms with van der Waals surface area (Å²) >= 11 is 5.94. The summed E-state index contributed by atoms with van der Waals surface area (Å²) in [4.78, 5) is 4.01. The summed E-state index contributed by atoms with van der Waals surface area (Å²) < 4.78 is 5.51. The molecule has 4 aromatic rings. The largest absolute Gasteiger partial charge is 0.356 e. The molecule has 1 unspecified atom stereocenters. The predicted octanol–water partition coefficient (Wildman–Crippen LogP) is 4.59. The Bertz CT molecular complexity index is 981. The van der Waals surface area contributed by atoms with Gasteiger partial charge in [-0.3, -0.25) is 4.98 Å². The summed E-state index contributed by atoms with van der Waals surface area (Å²) in [6.07, 6.45) is 3.44. The lowest BCUT2D eigenvalue weighted by Gasteiger charge is -2.08. The standard InChI is InChI=1S/C19H14ClN3O/c20-15-4-1-12(2-5-15)14-3-6-16-17(11-14)24-23-19(16)18(21)13-7-9-22-10-8-13/h1-11,18H,21H2. The van der Waals surface area contributed by atoms with E-state index in [1.54, 1.807) is 12.4 Å². The Morgan fingerprint density at radius 3 is 2.38 bits per heavy atom. The molecule has 2 N–H and O–H groups in total. The first-order chi connectivity index (χ1) is 11.7. The van der Waals surface area contributed by atoms with Gasteiger partial charge >= 0.3 is 0 Å². The maximum atomic E-state index is 6.33. The van der Waals surface area contributed by atoms with Crippen LogP contribution in [0.4, 0.5) is 0 Å². The summed E-state index contributed by atoms with van der Waals surface area (Å²) in [5, 5.41) is 5.81. The fraction of sp³-hybridized carbons (Fsp3) is 0.0526. The third kappa shape index (κ3) is 2.66. The molecule has 0 radical (unpaired) electrons. The maximum Gasteiger partial charge on any atom is 0.167 e. The molecule has 5 heteroatoms. The number of hydrogen-bond acceptors (Lipinski definition) is 4. The molecule has 4 nitrogen and oxygen atoms in total. The van der Waals surface area contributed by atoms with Gasteiger partial charge in [-0.05, 0) is 53.1 Å². The molecule has 0 saturated heterocycles. The van der Waals surface area contributed by atoms with Crippen molar-refractivity contribution in [2.75, 3.05) is 0 Å². The van der Waals surface area contributed by atoms with E-state index in [4.69, 9.17) is 21.9 Å². The third-order valence-corrected chi connectivity index (χ3v) is 4.29. The van der Waals surface area contributed by atoms with E-state index in [9.17, 15) is 0 Å². The minimum atomic E-state index is -0.351. The number of nitrogens with zero attached hydrogens (tertiary/aromatic N) is 2. The number of benzene rings is 2. The fourth-order valence-electron chi connectivity index (χ4n) is 2.73. The van der Waals surface area contributed by atoms with Gasteiger partial charge in [-0.1, -0.05) is 35.0 Å². The van der Waals surface area contributed by atoms with E-state index in [0.717, 1.165) is 27.8 Å². The molecule has 2 aromatic carbocycles. The molecule has 0 fully saturated rings. The molecule has 0 spiro atoms. The molecule has 118 valence electrons. The van der Waals surface area contributed by atoms with Crippen molar-refractivity contribution in [3.05, 3.63) is 83.3 Å². The lowest BCUT2D eigenvalue weighted by molar-refractivity contribution is 0.442. The van der Waals surface area contributed by atoms with Gasteiger partial charge in [0.25, 0.3) is 0 Å². The summed E-state index contributed by atoms with van der Waals surface area (Å²) in [5.41, 5.74) is 10.8. The normalized spacial score (nSPS) is 12.4. The Hall–Kier alpha value is -2.69. The van der Waals surface area contributed by atoms with Crippen LogP contribution in [0.25, 0.3) is 22.1 Å². The zero-order valence-electron chi connectivity index (χ0n) is 12.7. The SMILES string of the molecule is NC(c1ccncc1)c1noc2cc(-c3ccc(Cl)cc3)ccc12. The third-order valence-electron chi connectivity index (χ3n) is 4.04. The number of fused-ring (bicyclic) bond motifs is 1. The van der Waals surface area contributed by atoms with E-state index in [-0.39, 0.29) is 6.04 Å². The molecule has 24 heavy (non-hydrogen) atoms. The first-order valence-electron chi connectivity index (χ1n) is 7.53. The van der Waals surface area contributed by atoms with Crippen LogP contribution < -0.4 is 5.73 Å². The fourth-order valence-corrected chi connectivity index (χ4v) is 2.86. The van der Waals surface area contributed by atoms with Crippen LogP contribution in [0.2, 0.25) is 5.02 Å². The van der Waals surface area contributed by atoms with Crippen molar-refractivity contribution < 1.29 is 4.52 Å². The van der Waals surface area contributed by atoms with Gasteiger partial charge in [0.1, 0.15) is 5.69 Å². The lowest BCUT2D eigenvalue weighted by atomic mass is 10.0. The number of aromatic nitrogens is 2. The Kier molecular flexibility index (Phi) is 3.76. The average Bonchev–Trinajstić information content (AvgIpc) is 3.05. The number of nitrogens with two attached hydrogens (primary N) is 1. The van der Waals surface area contributed by atoms with Crippen LogP contribution in [-0.2, 0) is 0 Å². The smallest absolute Gasteiger partial charge is 0.167 e. The van der Waals surface area contributed by atoms with Crippen molar-refractivity contribution in [1.82, 2.24) is 10.1 Å². The number of pyridine rings is 1. The second kappa shape index (κ2) is 6.07. The van der Waals surface area contributed by atoms with Gasteiger partial charge in [-0.2, -0.15) is 0 Å². The van der Waals surface area contributed by atoms with Gasteiger partial charge in [-0.25, -0.2) is 0 Å². The Morgan fingerprint density at radius 2 is 1.62 bits per heavy atom. The van der Waals surface area contributed by atoms with Gasteiger partial charge in [0.15, 0.2) is 5.58 Å². The Balaban J connectivity index is 1.74. The lowest BCUT2D eigenvalue weighted by Crippen LogP contribution is -2.12. The average molecular weight is 336 g/mol. The van der Waals surface area contributed by atoms with Crippen molar-refractivity contribution in [2.45, 2.75) is 6.04 Å². The quantitative estimate of drug-likeness (QED) is 0.594. The van der Waals surface area contributed by atoms with Crippen molar-refractivity contribution in [3.8, 4) is 11.1 Å². The highest BCUT2D eigenvalue weighted by Gasteiger charge is 2.17. The molecule has 0 aliphatic rings. The number of hydrogen-bond donors (Lipinski definition) is 1. The van der Waals surface area contributed by atoms with E-state index in [1.807, 2.05) is 54.6 Å². The van der Waals surface area contributed by atoms with Gasteiger partial charge < -0.3 is 10.3 Å². The molecule has 2 aromatic heterocycles. The predicted molar refractivity (Wildman–Crippen MR) is 94.7 cm³/mol. The Labute approximate surface area is 143 Å². The first-order valence-corrected chi connectivity index (χ1v) is 7.91. The summed E-state index contributed by atoms with van der Waals surface area (Å²) in [7, 11) is 0. The Morgan fingerprint density at radius 1 is 0.917 bits per heavy atom. The van der Waals surface area contributed by atoms with Gasteiger partial charge in [0.2, 0.25) is 0 Å².